The topological polar surface area (TPSA) is 75.7 Å². The zero-order valence-corrected chi connectivity index (χ0v) is 14.2. The minimum Gasteiger partial charge on any atom is -0.497 e. The number of benzene rings is 1. The van der Waals surface area contributed by atoms with Crippen LogP contribution in [-0.2, 0) is 14.4 Å². The number of ether oxygens (including phenoxy) is 1. The van der Waals surface area contributed by atoms with Crippen molar-refractivity contribution < 1.29 is 19.1 Å². The third-order valence-corrected chi connectivity index (χ3v) is 4.74. The first-order valence-electron chi connectivity index (χ1n) is 8.54. The molecule has 2 atom stereocenters. The summed E-state index contributed by atoms with van der Waals surface area (Å²) in [4.78, 5) is 38.1. The Morgan fingerprint density at radius 1 is 1.20 bits per heavy atom. The van der Waals surface area contributed by atoms with Crippen molar-refractivity contribution in [2.24, 2.45) is 11.8 Å². The number of imide groups is 1. The molecule has 1 aliphatic carbocycles. The van der Waals surface area contributed by atoms with E-state index in [0.29, 0.717) is 37.2 Å². The number of likely N-dealkylation sites (tertiary alicyclic amines) is 1. The average molecular weight is 342 g/mol. The van der Waals surface area contributed by atoms with Crippen LogP contribution in [0.25, 0.3) is 0 Å². The largest absolute Gasteiger partial charge is 0.497 e. The van der Waals surface area contributed by atoms with Gasteiger partial charge in [-0.3, -0.25) is 19.3 Å². The number of hydrogen-bond donors (Lipinski definition) is 1. The number of anilines is 1. The Labute approximate surface area is 146 Å². The number of nitrogens with one attached hydrogen (secondary N) is 1. The number of methoxy groups -OCH3 is 1. The van der Waals surface area contributed by atoms with E-state index in [1.807, 2.05) is 12.2 Å². The van der Waals surface area contributed by atoms with Gasteiger partial charge in [-0.25, -0.2) is 0 Å². The third-order valence-electron chi connectivity index (χ3n) is 4.74. The summed E-state index contributed by atoms with van der Waals surface area (Å²) in [7, 11) is 1.57. The van der Waals surface area contributed by atoms with Gasteiger partial charge in [0.05, 0.1) is 18.9 Å². The van der Waals surface area contributed by atoms with Gasteiger partial charge in [0.2, 0.25) is 17.7 Å². The minimum absolute atomic E-state index is 0.0902. The number of nitrogens with zero attached hydrogens (tertiary/aromatic N) is 1. The van der Waals surface area contributed by atoms with Crippen LogP contribution in [0.4, 0.5) is 5.69 Å². The Morgan fingerprint density at radius 2 is 1.88 bits per heavy atom. The van der Waals surface area contributed by atoms with Gasteiger partial charge in [-0.15, -0.1) is 0 Å². The van der Waals surface area contributed by atoms with E-state index >= 15 is 0 Å². The van der Waals surface area contributed by atoms with E-state index in [9.17, 15) is 14.4 Å². The highest BCUT2D eigenvalue weighted by Gasteiger charge is 2.46. The van der Waals surface area contributed by atoms with Gasteiger partial charge in [-0.2, -0.15) is 0 Å². The highest BCUT2D eigenvalue weighted by atomic mass is 16.5. The molecule has 0 unspecified atom stereocenters. The van der Waals surface area contributed by atoms with Gasteiger partial charge in [-0.1, -0.05) is 18.2 Å². The molecule has 0 radical (unpaired) electrons. The second-order valence-electron chi connectivity index (χ2n) is 6.37. The lowest BCUT2D eigenvalue weighted by atomic mass is 9.85. The predicted molar refractivity (Wildman–Crippen MR) is 92.9 cm³/mol. The molecule has 0 bridgehead atoms. The molecule has 1 heterocycles. The molecular weight excluding hydrogens is 320 g/mol. The lowest BCUT2D eigenvalue weighted by Gasteiger charge is -2.14. The molecule has 6 heteroatoms. The van der Waals surface area contributed by atoms with E-state index in [1.165, 1.54) is 4.90 Å². The van der Waals surface area contributed by atoms with Gasteiger partial charge in [0.1, 0.15) is 5.75 Å². The maximum absolute atomic E-state index is 12.3. The fourth-order valence-electron chi connectivity index (χ4n) is 3.41. The molecular formula is C19H22N2O4. The third kappa shape index (κ3) is 3.73. The quantitative estimate of drug-likeness (QED) is 0.636. The number of amides is 3. The second-order valence-corrected chi connectivity index (χ2v) is 6.37. The number of carbonyl (C=O) groups excluding carboxylic acids is 3. The normalized spacial score (nSPS) is 22.0. The fraction of sp³-hybridized carbons (Fsp3) is 0.421. The lowest BCUT2D eigenvalue weighted by Crippen LogP contribution is -2.32. The molecule has 1 aliphatic heterocycles. The van der Waals surface area contributed by atoms with Gasteiger partial charge in [0.25, 0.3) is 0 Å². The Bertz CT molecular complexity index is 687. The molecule has 1 saturated heterocycles. The Hall–Kier alpha value is -2.63. The zero-order chi connectivity index (χ0) is 17.8. The fourth-order valence-corrected chi connectivity index (χ4v) is 3.41. The summed E-state index contributed by atoms with van der Waals surface area (Å²) < 4.78 is 5.12. The highest BCUT2D eigenvalue weighted by molar-refractivity contribution is 6.05. The SMILES string of the molecule is COc1cccc(NC(=O)CCCN2C(=O)[C@H]3CC=CC[C@H]3C2=O)c1. The molecule has 0 aromatic heterocycles. The monoisotopic (exact) mass is 342 g/mol. The summed E-state index contributed by atoms with van der Waals surface area (Å²) in [5.74, 6) is -0.0694. The Kier molecular flexibility index (Phi) is 5.16. The van der Waals surface area contributed by atoms with Crippen LogP contribution in [0.5, 0.6) is 5.75 Å². The van der Waals surface area contributed by atoms with Crippen molar-refractivity contribution in [2.75, 3.05) is 19.0 Å². The summed E-state index contributed by atoms with van der Waals surface area (Å²) in [6.45, 7) is 0.302. The van der Waals surface area contributed by atoms with Gasteiger partial charge >= 0.3 is 0 Å². The van der Waals surface area contributed by atoms with Gasteiger partial charge in [0.15, 0.2) is 0 Å². The van der Waals surface area contributed by atoms with Crippen molar-refractivity contribution in [3.8, 4) is 5.75 Å². The molecule has 0 saturated carbocycles. The number of carbonyl (C=O) groups is 3. The Balaban J connectivity index is 1.48. The molecule has 2 aliphatic rings. The molecule has 6 nitrogen and oxygen atoms in total. The first-order chi connectivity index (χ1) is 12.1. The standard InChI is InChI=1S/C19H22N2O4/c1-25-14-7-4-6-13(12-14)20-17(22)10-5-11-21-18(23)15-8-2-3-9-16(15)19(21)24/h2-4,6-7,12,15-16H,5,8-11H2,1H3,(H,20,22)/t15-,16+. The van der Waals surface area contributed by atoms with Gasteiger partial charge < -0.3 is 10.1 Å². The van der Waals surface area contributed by atoms with Crippen LogP contribution in [-0.4, -0.2) is 36.3 Å². The molecule has 25 heavy (non-hydrogen) atoms. The smallest absolute Gasteiger partial charge is 0.233 e. The van der Waals surface area contributed by atoms with Gasteiger partial charge in [-0.05, 0) is 31.4 Å². The maximum Gasteiger partial charge on any atom is 0.233 e. The molecule has 3 amide bonds. The molecule has 0 spiro atoms. The van der Waals surface area contributed by atoms with E-state index in [4.69, 9.17) is 4.74 Å². The molecule has 1 fully saturated rings. The van der Waals surface area contributed by atoms with Crippen LogP contribution in [0.2, 0.25) is 0 Å². The van der Waals surface area contributed by atoms with Gasteiger partial charge in [0, 0.05) is 24.7 Å². The summed E-state index contributed by atoms with van der Waals surface area (Å²) in [6, 6.07) is 7.12. The van der Waals surface area contributed by atoms with E-state index < -0.39 is 0 Å². The van der Waals surface area contributed by atoms with Crippen LogP contribution in [0.1, 0.15) is 25.7 Å². The van der Waals surface area contributed by atoms with Crippen molar-refractivity contribution in [1.29, 1.82) is 0 Å². The first kappa shape index (κ1) is 17.2. The molecule has 1 N–H and O–H groups in total. The summed E-state index contributed by atoms with van der Waals surface area (Å²) in [5.41, 5.74) is 0.662. The predicted octanol–water partition coefficient (Wildman–Crippen LogP) is 2.37. The number of hydrogen-bond acceptors (Lipinski definition) is 4. The van der Waals surface area contributed by atoms with Crippen molar-refractivity contribution in [1.82, 2.24) is 4.90 Å². The molecule has 132 valence electrons. The Morgan fingerprint density at radius 3 is 2.52 bits per heavy atom. The lowest BCUT2D eigenvalue weighted by molar-refractivity contribution is -0.140. The first-order valence-corrected chi connectivity index (χ1v) is 8.54. The van der Waals surface area contributed by atoms with Crippen molar-refractivity contribution >= 4 is 23.4 Å². The van der Waals surface area contributed by atoms with Crippen LogP contribution in [0, 0.1) is 11.8 Å². The number of allylic oxidation sites excluding steroid dienone is 2. The van der Waals surface area contributed by atoms with E-state index in [0.717, 1.165) is 0 Å². The van der Waals surface area contributed by atoms with Crippen LogP contribution < -0.4 is 10.1 Å². The summed E-state index contributed by atoms with van der Waals surface area (Å²) in [6.07, 6.45) is 5.93. The van der Waals surface area contributed by atoms with E-state index in [-0.39, 0.29) is 36.0 Å². The molecule has 3 rings (SSSR count). The molecule has 1 aromatic carbocycles. The summed E-state index contributed by atoms with van der Waals surface area (Å²) in [5, 5.41) is 2.80. The van der Waals surface area contributed by atoms with Crippen molar-refractivity contribution in [3.63, 3.8) is 0 Å². The maximum atomic E-state index is 12.3. The second kappa shape index (κ2) is 7.51. The number of fused-ring (bicyclic) bond motifs is 1. The zero-order valence-electron chi connectivity index (χ0n) is 14.2. The van der Waals surface area contributed by atoms with Crippen molar-refractivity contribution in [2.45, 2.75) is 25.7 Å². The van der Waals surface area contributed by atoms with Crippen LogP contribution >= 0.6 is 0 Å². The minimum atomic E-state index is -0.205. The number of rotatable bonds is 6. The van der Waals surface area contributed by atoms with Crippen LogP contribution in [0.15, 0.2) is 36.4 Å². The van der Waals surface area contributed by atoms with E-state index in [1.54, 1.807) is 31.4 Å². The molecule has 1 aromatic rings. The average Bonchev–Trinajstić information content (AvgIpc) is 2.87. The highest BCUT2D eigenvalue weighted by Crippen LogP contribution is 2.35. The van der Waals surface area contributed by atoms with E-state index in [2.05, 4.69) is 5.32 Å². The van der Waals surface area contributed by atoms with Crippen molar-refractivity contribution in [3.05, 3.63) is 36.4 Å². The summed E-state index contributed by atoms with van der Waals surface area (Å²) >= 11 is 0. The van der Waals surface area contributed by atoms with Crippen LogP contribution in [0.3, 0.4) is 0 Å².